The fourth-order valence-corrected chi connectivity index (χ4v) is 2.29. The van der Waals surface area contributed by atoms with E-state index in [1.807, 2.05) is 0 Å². The quantitative estimate of drug-likeness (QED) is 0.297. The van der Waals surface area contributed by atoms with Crippen molar-refractivity contribution in [1.29, 1.82) is 0 Å². The summed E-state index contributed by atoms with van der Waals surface area (Å²) in [5.41, 5.74) is 5.52. The molecule has 0 aromatic carbocycles. The van der Waals surface area contributed by atoms with Crippen LogP contribution in [0.5, 0.6) is 0 Å². The lowest BCUT2D eigenvalue weighted by Gasteiger charge is -2.07. The highest BCUT2D eigenvalue weighted by atomic mass is 16.1. The molecule has 0 spiro atoms. The van der Waals surface area contributed by atoms with Gasteiger partial charge in [0.2, 0.25) is 0 Å². The Kier molecular flexibility index (Phi) is 12.3. The summed E-state index contributed by atoms with van der Waals surface area (Å²) in [4.78, 5) is 11.3. The van der Waals surface area contributed by atoms with Gasteiger partial charge in [0.05, 0.1) is 0 Å². The number of carbonyl (C=O) groups excluding carboxylic acids is 1. The molecule has 0 unspecified atom stereocenters. The van der Waals surface area contributed by atoms with Crippen molar-refractivity contribution in [3.05, 3.63) is 46.6 Å². The van der Waals surface area contributed by atoms with Crippen LogP contribution in [0.25, 0.3) is 0 Å². The number of hydrogen-bond acceptors (Lipinski definition) is 1. The zero-order valence-corrected chi connectivity index (χ0v) is 16.1. The molecule has 0 aliphatic carbocycles. The van der Waals surface area contributed by atoms with Crippen molar-refractivity contribution >= 4 is 6.29 Å². The van der Waals surface area contributed by atoms with Gasteiger partial charge in [-0.2, -0.15) is 0 Å². The van der Waals surface area contributed by atoms with Crippen LogP contribution >= 0.6 is 0 Å². The molecule has 0 atom stereocenters. The molecule has 0 fully saturated rings. The molecule has 0 radical (unpaired) electrons. The first-order valence-corrected chi connectivity index (χ1v) is 8.88. The van der Waals surface area contributed by atoms with Crippen molar-refractivity contribution in [1.82, 2.24) is 0 Å². The van der Waals surface area contributed by atoms with Crippen LogP contribution in [0.3, 0.4) is 0 Å². The van der Waals surface area contributed by atoms with Gasteiger partial charge in [-0.25, -0.2) is 0 Å². The van der Waals surface area contributed by atoms with Crippen LogP contribution in [0.15, 0.2) is 46.6 Å². The summed E-state index contributed by atoms with van der Waals surface area (Å²) in [6, 6.07) is 0. The number of carbonyl (C=O) groups is 1. The molecular formula is C22H36O. The van der Waals surface area contributed by atoms with Gasteiger partial charge in [-0.3, -0.25) is 0 Å². The molecule has 0 N–H and O–H groups in total. The molecule has 23 heavy (non-hydrogen) atoms. The summed E-state index contributed by atoms with van der Waals surface area (Å²) in [7, 11) is 0. The summed E-state index contributed by atoms with van der Waals surface area (Å²) in [6.45, 7) is 12.9. The van der Waals surface area contributed by atoms with Gasteiger partial charge < -0.3 is 4.79 Å². The Hall–Kier alpha value is -1.37. The van der Waals surface area contributed by atoms with E-state index in [0.717, 1.165) is 44.8 Å². The van der Waals surface area contributed by atoms with Crippen LogP contribution in [0.1, 0.15) is 80.1 Å². The van der Waals surface area contributed by atoms with E-state index in [9.17, 15) is 4.79 Å². The zero-order valence-electron chi connectivity index (χ0n) is 16.1. The summed E-state index contributed by atoms with van der Waals surface area (Å²) >= 11 is 0. The van der Waals surface area contributed by atoms with Crippen molar-refractivity contribution < 1.29 is 4.79 Å². The van der Waals surface area contributed by atoms with Crippen LogP contribution in [-0.2, 0) is 4.79 Å². The van der Waals surface area contributed by atoms with Gasteiger partial charge in [0, 0.05) is 5.92 Å². The maximum atomic E-state index is 11.3. The second-order valence-electron chi connectivity index (χ2n) is 7.11. The number of aldehydes is 1. The van der Waals surface area contributed by atoms with Crippen molar-refractivity contribution in [2.24, 2.45) is 5.92 Å². The monoisotopic (exact) mass is 316 g/mol. The fourth-order valence-electron chi connectivity index (χ4n) is 2.29. The van der Waals surface area contributed by atoms with Crippen LogP contribution in [0, 0.1) is 5.92 Å². The molecule has 0 aliphatic rings. The van der Waals surface area contributed by atoms with Gasteiger partial charge in [-0.1, -0.05) is 46.6 Å². The molecule has 130 valence electrons. The lowest BCUT2D eigenvalue weighted by Crippen LogP contribution is -1.99. The highest BCUT2D eigenvalue weighted by Crippen LogP contribution is 2.15. The van der Waals surface area contributed by atoms with E-state index in [-0.39, 0.29) is 5.92 Å². The van der Waals surface area contributed by atoms with E-state index in [4.69, 9.17) is 0 Å². The van der Waals surface area contributed by atoms with E-state index < -0.39 is 0 Å². The Balaban J connectivity index is 4.26. The first kappa shape index (κ1) is 21.6. The maximum absolute atomic E-state index is 11.3. The Morgan fingerprint density at radius 3 is 1.39 bits per heavy atom. The highest BCUT2D eigenvalue weighted by Gasteiger charge is 2.04. The predicted octanol–water partition coefficient (Wildman–Crippen LogP) is 6.97. The molecule has 0 saturated heterocycles. The number of rotatable bonds is 11. The Labute approximate surface area is 144 Å². The average Bonchev–Trinajstić information content (AvgIpc) is 2.46. The highest BCUT2D eigenvalue weighted by molar-refractivity contribution is 5.54. The molecule has 1 nitrogen and oxygen atoms in total. The van der Waals surface area contributed by atoms with Crippen LogP contribution in [0.2, 0.25) is 0 Å². The normalized spacial score (nSPS) is 13.5. The first-order chi connectivity index (χ1) is 10.8. The fraction of sp³-hybridized carbons (Fsp3) is 0.591. The third-order valence-electron chi connectivity index (χ3n) is 3.91. The number of hydrogen-bond donors (Lipinski definition) is 0. The molecule has 0 amide bonds. The van der Waals surface area contributed by atoms with E-state index in [2.05, 4.69) is 65.8 Å². The van der Waals surface area contributed by atoms with E-state index in [1.165, 1.54) is 22.3 Å². The molecule has 0 bridgehead atoms. The van der Waals surface area contributed by atoms with Gasteiger partial charge in [0.1, 0.15) is 6.29 Å². The van der Waals surface area contributed by atoms with Crippen molar-refractivity contribution in [3.63, 3.8) is 0 Å². The minimum atomic E-state index is 0.117. The molecule has 1 heteroatoms. The minimum absolute atomic E-state index is 0.117. The summed E-state index contributed by atoms with van der Waals surface area (Å²) in [5.74, 6) is 0.117. The molecule has 0 aromatic rings. The van der Waals surface area contributed by atoms with Crippen molar-refractivity contribution in [2.75, 3.05) is 0 Å². The predicted molar refractivity (Wildman–Crippen MR) is 104 cm³/mol. The van der Waals surface area contributed by atoms with Gasteiger partial charge in [-0.15, -0.1) is 0 Å². The smallest absolute Gasteiger partial charge is 0.123 e. The topological polar surface area (TPSA) is 17.1 Å². The standard InChI is InChI=1S/C22H36O/c1-18(2)9-7-11-20(5)13-15-22(17-23)16-14-21(6)12-8-10-19(3)4/h9-10,13-14,17,22H,7-8,11-12,15-16H2,1-6H3/b20-13+,21-14+. The minimum Gasteiger partial charge on any atom is -0.303 e. The SMILES string of the molecule is CC(C)=CCC/C(C)=C/CC(C=O)C/C=C(\C)CCC=C(C)C. The summed E-state index contributed by atoms with van der Waals surface area (Å²) in [5, 5.41) is 0. The molecule has 0 rings (SSSR count). The van der Waals surface area contributed by atoms with E-state index >= 15 is 0 Å². The average molecular weight is 317 g/mol. The van der Waals surface area contributed by atoms with Crippen LogP contribution in [0.4, 0.5) is 0 Å². The third kappa shape index (κ3) is 14.0. The van der Waals surface area contributed by atoms with E-state index in [0.29, 0.717) is 0 Å². The van der Waals surface area contributed by atoms with Crippen LogP contribution in [-0.4, -0.2) is 6.29 Å². The second-order valence-corrected chi connectivity index (χ2v) is 7.11. The van der Waals surface area contributed by atoms with Gasteiger partial charge >= 0.3 is 0 Å². The Morgan fingerprint density at radius 2 is 1.09 bits per heavy atom. The molecule has 0 aromatic heterocycles. The molecule has 0 heterocycles. The molecule has 0 aliphatic heterocycles. The van der Waals surface area contributed by atoms with Crippen molar-refractivity contribution in [3.8, 4) is 0 Å². The second kappa shape index (κ2) is 13.1. The van der Waals surface area contributed by atoms with Crippen molar-refractivity contribution in [2.45, 2.75) is 80.1 Å². The van der Waals surface area contributed by atoms with Crippen LogP contribution < -0.4 is 0 Å². The lowest BCUT2D eigenvalue weighted by atomic mass is 9.98. The Morgan fingerprint density at radius 1 is 0.696 bits per heavy atom. The Bertz CT molecular complexity index is 412. The third-order valence-corrected chi connectivity index (χ3v) is 3.91. The largest absolute Gasteiger partial charge is 0.303 e. The first-order valence-electron chi connectivity index (χ1n) is 8.88. The van der Waals surface area contributed by atoms with Gasteiger partial charge in [-0.05, 0) is 80.1 Å². The molecular weight excluding hydrogens is 280 g/mol. The van der Waals surface area contributed by atoms with Gasteiger partial charge in [0.25, 0.3) is 0 Å². The number of allylic oxidation sites excluding steroid dienone is 8. The lowest BCUT2D eigenvalue weighted by molar-refractivity contribution is -0.110. The molecule has 0 saturated carbocycles. The van der Waals surface area contributed by atoms with E-state index in [1.54, 1.807) is 0 Å². The van der Waals surface area contributed by atoms with Gasteiger partial charge in [0.15, 0.2) is 0 Å². The maximum Gasteiger partial charge on any atom is 0.123 e. The zero-order chi connectivity index (χ0) is 17.7. The summed E-state index contributed by atoms with van der Waals surface area (Å²) < 4.78 is 0. The summed E-state index contributed by atoms with van der Waals surface area (Å²) in [6.07, 6.45) is 16.2.